The third-order valence-corrected chi connectivity index (χ3v) is 4.40. The molecule has 0 radical (unpaired) electrons. The van der Waals surface area contributed by atoms with E-state index in [0.29, 0.717) is 32.3 Å². The summed E-state index contributed by atoms with van der Waals surface area (Å²) < 4.78 is 1.43. The molecule has 0 aliphatic rings. The Morgan fingerprint density at radius 1 is 1.12 bits per heavy atom. The van der Waals surface area contributed by atoms with Gasteiger partial charge < -0.3 is 5.32 Å². The third kappa shape index (κ3) is 3.52. The zero-order valence-electron chi connectivity index (χ0n) is 13.6. The lowest BCUT2D eigenvalue weighted by Gasteiger charge is -2.17. The summed E-state index contributed by atoms with van der Waals surface area (Å²) in [6.45, 7) is 1.77. The fourth-order valence-corrected chi connectivity index (χ4v) is 2.89. The van der Waals surface area contributed by atoms with Crippen LogP contribution in [0.15, 0.2) is 47.3 Å². The number of carbonyl (C=O) groups is 1. The van der Waals surface area contributed by atoms with Crippen LogP contribution in [0.5, 0.6) is 0 Å². The van der Waals surface area contributed by atoms with Gasteiger partial charge in [-0.25, -0.2) is 4.98 Å². The quantitative estimate of drug-likeness (QED) is 0.758. The van der Waals surface area contributed by atoms with Crippen LogP contribution in [-0.2, 0) is 7.05 Å². The van der Waals surface area contributed by atoms with Gasteiger partial charge in [0, 0.05) is 22.7 Å². The Labute approximate surface area is 154 Å². The van der Waals surface area contributed by atoms with Gasteiger partial charge in [-0.05, 0) is 49.4 Å². The van der Waals surface area contributed by atoms with Crippen LogP contribution in [0.25, 0.3) is 10.9 Å². The van der Waals surface area contributed by atoms with E-state index in [9.17, 15) is 9.59 Å². The monoisotopic (exact) mass is 375 g/mol. The van der Waals surface area contributed by atoms with Crippen LogP contribution < -0.4 is 10.9 Å². The van der Waals surface area contributed by atoms with E-state index in [4.69, 9.17) is 23.2 Å². The van der Waals surface area contributed by atoms with Crippen molar-refractivity contribution < 1.29 is 4.79 Å². The predicted octanol–water partition coefficient (Wildman–Crippen LogP) is 3.73. The maximum Gasteiger partial charge on any atom is 0.261 e. The van der Waals surface area contributed by atoms with Crippen LogP contribution in [0.3, 0.4) is 0 Å². The van der Waals surface area contributed by atoms with E-state index >= 15 is 0 Å². The van der Waals surface area contributed by atoms with Crippen molar-refractivity contribution in [2.24, 2.45) is 7.05 Å². The van der Waals surface area contributed by atoms with E-state index in [1.54, 1.807) is 56.4 Å². The van der Waals surface area contributed by atoms with E-state index in [1.165, 1.54) is 4.57 Å². The van der Waals surface area contributed by atoms with Gasteiger partial charge in [-0.1, -0.05) is 23.2 Å². The zero-order valence-corrected chi connectivity index (χ0v) is 15.1. The maximum absolute atomic E-state index is 12.5. The zero-order chi connectivity index (χ0) is 18.1. The summed E-state index contributed by atoms with van der Waals surface area (Å²) in [7, 11) is 1.63. The fraction of sp³-hybridized carbons (Fsp3) is 0.167. The molecule has 7 heteroatoms. The summed E-state index contributed by atoms with van der Waals surface area (Å²) in [5, 5.41) is 4.37. The van der Waals surface area contributed by atoms with Gasteiger partial charge in [0.15, 0.2) is 0 Å². The average Bonchev–Trinajstić information content (AvgIpc) is 2.58. The minimum atomic E-state index is -0.468. The normalized spacial score (nSPS) is 12.2. The molecule has 1 amide bonds. The van der Waals surface area contributed by atoms with E-state index in [1.807, 2.05) is 0 Å². The minimum Gasteiger partial charge on any atom is -0.342 e. The van der Waals surface area contributed by atoms with Gasteiger partial charge in [0.1, 0.15) is 5.82 Å². The first-order valence-corrected chi connectivity index (χ1v) is 8.35. The van der Waals surface area contributed by atoms with Gasteiger partial charge in [-0.15, -0.1) is 0 Å². The molecule has 0 aliphatic heterocycles. The largest absolute Gasteiger partial charge is 0.342 e. The van der Waals surface area contributed by atoms with Crippen molar-refractivity contribution in [2.45, 2.75) is 13.0 Å². The molecule has 1 heterocycles. The first-order valence-electron chi connectivity index (χ1n) is 7.59. The molecular formula is C18H15Cl2N3O2. The molecule has 5 nitrogen and oxygen atoms in total. The standard InChI is InChI=1S/C18H15Cl2N3O2/c1-10(21-17(24)11-3-5-12(19)6-4-11)16-22-15-9-13(20)7-8-14(15)18(25)23(16)2/h3-10H,1-2H3,(H,21,24). The molecular weight excluding hydrogens is 361 g/mol. The van der Waals surface area contributed by atoms with Crippen LogP contribution in [0.2, 0.25) is 10.0 Å². The van der Waals surface area contributed by atoms with Gasteiger partial charge in [-0.3, -0.25) is 14.2 Å². The number of rotatable bonds is 3. The topological polar surface area (TPSA) is 64.0 Å². The number of halogens is 2. The molecule has 2 aromatic carbocycles. The average molecular weight is 376 g/mol. The summed E-state index contributed by atoms with van der Waals surface area (Å²) in [6.07, 6.45) is 0. The Bertz CT molecular complexity index is 1010. The first-order chi connectivity index (χ1) is 11.9. The number of nitrogens with one attached hydrogen (secondary N) is 1. The number of nitrogens with zero attached hydrogens (tertiary/aromatic N) is 2. The fourth-order valence-electron chi connectivity index (χ4n) is 2.59. The Hall–Kier alpha value is -2.37. The first kappa shape index (κ1) is 17.5. The molecule has 0 fully saturated rings. The van der Waals surface area contributed by atoms with Crippen LogP contribution in [0.4, 0.5) is 0 Å². The smallest absolute Gasteiger partial charge is 0.261 e. The van der Waals surface area contributed by atoms with Crippen LogP contribution >= 0.6 is 23.2 Å². The lowest BCUT2D eigenvalue weighted by molar-refractivity contribution is 0.0937. The third-order valence-electron chi connectivity index (χ3n) is 3.91. The second kappa shape index (κ2) is 6.86. The number of fused-ring (bicyclic) bond motifs is 1. The SMILES string of the molecule is CC(NC(=O)c1ccc(Cl)cc1)c1nc2cc(Cl)ccc2c(=O)n1C. The Balaban J connectivity index is 1.95. The molecule has 25 heavy (non-hydrogen) atoms. The lowest BCUT2D eigenvalue weighted by Crippen LogP contribution is -2.32. The minimum absolute atomic E-state index is 0.191. The summed E-state index contributed by atoms with van der Waals surface area (Å²) in [5.74, 6) is 0.173. The molecule has 0 saturated heterocycles. The van der Waals surface area contributed by atoms with Crippen molar-refractivity contribution in [3.63, 3.8) is 0 Å². The van der Waals surface area contributed by atoms with Gasteiger partial charge in [0.05, 0.1) is 16.9 Å². The highest BCUT2D eigenvalue weighted by molar-refractivity contribution is 6.31. The van der Waals surface area contributed by atoms with E-state index in [-0.39, 0.29) is 11.5 Å². The van der Waals surface area contributed by atoms with Crippen molar-refractivity contribution >= 4 is 40.0 Å². The molecule has 1 aromatic heterocycles. The highest BCUT2D eigenvalue weighted by Gasteiger charge is 2.17. The molecule has 0 saturated carbocycles. The van der Waals surface area contributed by atoms with Crippen molar-refractivity contribution in [3.05, 3.63) is 74.3 Å². The van der Waals surface area contributed by atoms with E-state index < -0.39 is 6.04 Å². The Morgan fingerprint density at radius 2 is 1.76 bits per heavy atom. The van der Waals surface area contributed by atoms with Crippen molar-refractivity contribution in [2.75, 3.05) is 0 Å². The van der Waals surface area contributed by atoms with E-state index in [2.05, 4.69) is 10.3 Å². The molecule has 0 bridgehead atoms. The van der Waals surface area contributed by atoms with Gasteiger partial charge in [0.25, 0.3) is 11.5 Å². The molecule has 1 unspecified atom stereocenters. The molecule has 1 atom stereocenters. The number of amides is 1. The van der Waals surface area contributed by atoms with E-state index in [0.717, 1.165) is 0 Å². The number of hydrogen-bond acceptors (Lipinski definition) is 3. The summed E-state index contributed by atoms with van der Waals surface area (Å²) in [4.78, 5) is 29.4. The number of carbonyl (C=O) groups excluding carboxylic acids is 1. The maximum atomic E-state index is 12.5. The Morgan fingerprint density at radius 3 is 2.44 bits per heavy atom. The molecule has 3 aromatic rings. The molecule has 3 rings (SSSR count). The van der Waals surface area contributed by atoms with Crippen molar-refractivity contribution in [3.8, 4) is 0 Å². The van der Waals surface area contributed by atoms with Crippen LogP contribution in [-0.4, -0.2) is 15.5 Å². The second-order valence-corrected chi connectivity index (χ2v) is 6.57. The summed E-state index contributed by atoms with van der Waals surface area (Å²) in [6, 6.07) is 11.0. The van der Waals surface area contributed by atoms with Gasteiger partial charge in [0.2, 0.25) is 0 Å². The van der Waals surface area contributed by atoms with Crippen LogP contribution in [0, 0.1) is 0 Å². The van der Waals surface area contributed by atoms with Gasteiger partial charge in [-0.2, -0.15) is 0 Å². The predicted molar refractivity (Wildman–Crippen MR) is 99.3 cm³/mol. The molecule has 0 spiro atoms. The lowest BCUT2D eigenvalue weighted by atomic mass is 10.2. The molecule has 1 N–H and O–H groups in total. The number of hydrogen-bond donors (Lipinski definition) is 1. The number of aromatic nitrogens is 2. The summed E-state index contributed by atoms with van der Waals surface area (Å²) >= 11 is 11.8. The van der Waals surface area contributed by atoms with Crippen LogP contribution in [0.1, 0.15) is 29.1 Å². The number of benzene rings is 2. The van der Waals surface area contributed by atoms with Crippen molar-refractivity contribution in [1.29, 1.82) is 0 Å². The Kier molecular flexibility index (Phi) is 4.79. The van der Waals surface area contributed by atoms with Crippen molar-refractivity contribution in [1.82, 2.24) is 14.9 Å². The second-order valence-electron chi connectivity index (χ2n) is 5.70. The summed E-state index contributed by atoms with van der Waals surface area (Å²) in [5.41, 5.74) is 0.785. The molecule has 128 valence electrons. The highest BCUT2D eigenvalue weighted by atomic mass is 35.5. The van der Waals surface area contributed by atoms with Gasteiger partial charge >= 0.3 is 0 Å². The highest BCUT2D eigenvalue weighted by Crippen LogP contribution is 2.18. The molecule has 0 aliphatic carbocycles.